The lowest BCUT2D eigenvalue weighted by Crippen LogP contribution is -2.34. The Morgan fingerprint density at radius 1 is 1.29 bits per heavy atom. The first kappa shape index (κ1) is 13.8. The molecule has 0 radical (unpaired) electrons. The average Bonchev–Trinajstić information content (AvgIpc) is 2.47. The Morgan fingerprint density at radius 3 is 2.86 bits per heavy atom. The first-order valence-electron chi connectivity index (χ1n) is 6.31. The molecule has 0 bridgehead atoms. The van der Waals surface area contributed by atoms with Crippen LogP contribution in [0.2, 0.25) is 0 Å². The maximum Gasteiger partial charge on any atom is 0.265 e. The zero-order valence-corrected chi connectivity index (χ0v) is 12.7. The van der Waals surface area contributed by atoms with Gasteiger partial charge in [0.15, 0.2) is 11.9 Å². The third-order valence-electron chi connectivity index (χ3n) is 3.14. The molecule has 0 fully saturated rings. The van der Waals surface area contributed by atoms with Gasteiger partial charge in [-0.05, 0) is 47.1 Å². The Bertz CT molecular complexity index is 745. The normalized spacial score (nSPS) is 16.7. The van der Waals surface area contributed by atoms with E-state index in [4.69, 9.17) is 4.74 Å². The van der Waals surface area contributed by atoms with Crippen LogP contribution in [0.5, 0.6) is 5.75 Å². The molecule has 0 saturated carbocycles. The summed E-state index contributed by atoms with van der Waals surface area (Å²) < 4.78 is 6.19. The first-order valence-corrected chi connectivity index (χ1v) is 7.11. The molecule has 5 nitrogen and oxygen atoms in total. The van der Waals surface area contributed by atoms with Crippen LogP contribution in [0.25, 0.3) is 0 Å². The fourth-order valence-electron chi connectivity index (χ4n) is 2.05. The molecule has 1 amide bonds. The molecule has 0 aliphatic carbocycles. The lowest BCUT2D eigenvalue weighted by Gasteiger charge is -2.23. The fourth-order valence-corrected chi connectivity index (χ4v) is 2.42. The summed E-state index contributed by atoms with van der Waals surface area (Å²) in [7, 11) is 0. The lowest BCUT2D eigenvalue weighted by atomic mass is 10.0. The Morgan fingerprint density at radius 2 is 2.10 bits per heavy atom. The molecular weight excluding hydrogens is 336 g/mol. The van der Waals surface area contributed by atoms with Crippen LogP contribution < -0.4 is 10.1 Å². The van der Waals surface area contributed by atoms with Crippen molar-refractivity contribution in [3.05, 3.63) is 52.3 Å². The highest BCUT2D eigenvalue weighted by atomic mass is 79.9. The molecule has 106 valence electrons. The minimum absolute atomic E-state index is 0.167. The van der Waals surface area contributed by atoms with Crippen molar-refractivity contribution in [1.82, 2.24) is 4.98 Å². The van der Waals surface area contributed by atoms with E-state index in [1.54, 1.807) is 37.4 Å². The van der Waals surface area contributed by atoms with Gasteiger partial charge in [0.25, 0.3) is 5.91 Å². The molecule has 3 rings (SSSR count). The van der Waals surface area contributed by atoms with Crippen molar-refractivity contribution in [1.29, 1.82) is 0 Å². The average molecular weight is 347 g/mol. The molecule has 2 heterocycles. The number of ketones is 1. The van der Waals surface area contributed by atoms with E-state index in [2.05, 4.69) is 26.2 Å². The van der Waals surface area contributed by atoms with Crippen LogP contribution in [-0.4, -0.2) is 22.8 Å². The second kappa shape index (κ2) is 5.29. The Kier molecular flexibility index (Phi) is 3.47. The Hall–Kier alpha value is -2.21. The van der Waals surface area contributed by atoms with Gasteiger partial charge >= 0.3 is 0 Å². The van der Waals surface area contributed by atoms with E-state index in [1.807, 2.05) is 0 Å². The molecule has 21 heavy (non-hydrogen) atoms. The highest BCUT2D eigenvalue weighted by Crippen LogP contribution is 2.31. The number of nitrogens with zero attached hydrogens (tertiary/aromatic N) is 1. The van der Waals surface area contributed by atoms with Crippen LogP contribution in [0.1, 0.15) is 22.8 Å². The van der Waals surface area contributed by atoms with Crippen molar-refractivity contribution in [3.8, 4) is 5.75 Å². The van der Waals surface area contributed by atoms with Crippen LogP contribution in [0, 0.1) is 0 Å². The number of benzene rings is 1. The van der Waals surface area contributed by atoms with Crippen LogP contribution in [0.3, 0.4) is 0 Å². The minimum Gasteiger partial charge on any atom is -0.479 e. The number of nitrogens with one attached hydrogen (secondary N) is 1. The van der Waals surface area contributed by atoms with Gasteiger partial charge < -0.3 is 10.1 Å². The predicted molar refractivity (Wildman–Crippen MR) is 80.5 cm³/mol. The zero-order valence-electron chi connectivity index (χ0n) is 11.1. The predicted octanol–water partition coefficient (Wildman–Crippen LogP) is 2.79. The van der Waals surface area contributed by atoms with E-state index in [0.717, 1.165) is 4.47 Å². The van der Waals surface area contributed by atoms with Crippen molar-refractivity contribution in [2.24, 2.45) is 0 Å². The number of pyridine rings is 1. The molecule has 2 aromatic rings. The summed E-state index contributed by atoms with van der Waals surface area (Å²) in [5, 5.41) is 2.73. The molecule has 1 N–H and O–H groups in total. The van der Waals surface area contributed by atoms with Gasteiger partial charge in [0.1, 0.15) is 5.75 Å². The molecule has 6 heteroatoms. The van der Waals surface area contributed by atoms with Gasteiger partial charge in [-0.1, -0.05) is 0 Å². The van der Waals surface area contributed by atoms with Gasteiger partial charge in [-0.3, -0.25) is 14.6 Å². The standard InChI is InChI=1S/C15H11BrN2O3/c1-8-15(20)18-12-5-9(2-3-13(12)21-8)14(19)10-4-11(16)7-17-6-10/h2-8H,1H3,(H,18,20). The van der Waals surface area contributed by atoms with E-state index in [0.29, 0.717) is 22.6 Å². The fraction of sp³-hybridized carbons (Fsp3) is 0.133. The van der Waals surface area contributed by atoms with E-state index in [1.165, 1.54) is 6.20 Å². The summed E-state index contributed by atoms with van der Waals surface area (Å²) in [5.74, 6) is 0.168. The summed E-state index contributed by atoms with van der Waals surface area (Å²) in [6, 6.07) is 6.67. The monoisotopic (exact) mass is 346 g/mol. The minimum atomic E-state index is -0.534. The van der Waals surface area contributed by atoms with Crippen molar-refractivity contribution in [3.63, 3.8) is 0 Å². The number of carbonyl (C=O) groups is 2. The number of halogens is 1. The first-order chi connectivity index (χ1) is 10.0. The highest BCUT2D eigenvalue weighted by molar-refractivity contribution is 9.10. The third kappa shape index (κ3) is 2.67. The van der Waals surface area contributed by atoms with Crippen molar-refractivity contribution in [2.75, 3.05) is 5.32 Å². The number of amides is 1. The quantitative estimate of drug-likeness (QED) is 0.849. The maximum absolute atomic E-state index is 12.4. The zero-order chi connectivity index (χ0) is 15.0. The number of fused-ring (bicyclic) bond motifs is 1. The number of ether oxygens (including phenoxy) is 1. The maximum atomic E-state index is 12.4. The van der Waals surface area contributed by atoms with Crippen LogP contribution >= 0.6 is 15.9 Å². The SMILES string of the molecule is CC1Oc2ccc(C(=O)c3cncc(Br)c3)cc2NC1=O. The Balaban J connectivity index is 1.96. The molecule has 1 unspecified atom stereocenters. The van der Waals surface area contributed by atoms with Crippen molar-refractivity contribution < 1.29 is 14.3 Å². The Labute approximate surface area is 129 Å². The van der Waals surface area contributed by atoms with Crippen molar-refractivity contribution >= 4 is 33.3 Å². The number of rotatable bonds is 2. The molecule has 1 aliphatic heterocycles. The second-order valence-electron chi connectivity index (χ2n) is 4.68. The van der Waals surface area contributed by atoms with Crippen LogP contribution in [0.4, 0.5) is 5.69 Å². The largest absolute Gasteiger partial charge is 0.479 e. The van der Waals surface area contributed by atoms with E-state index in [9.17, 15) is 9.59 Å². The smallest absolute Gasteiger partial charge is 0.265 e. The molecule has 0 saturated heterocycles. The summed E-state index contributed by atoms with van der Waals surface area (Å²) in [5.41, 5.74) is 1.44. The number of anilines is 1. The number of aromatic nitrogens is 1. The van der Waals surface area contributed by atoms with E-state index < -0.39 is 6.10 Å². The summed E-state index contributed by atoms with van der Waals surface area (Å²) in [4.78, 5) is 28.0. The van der Waals surface area contributed by atoms with Crippen molar-refractivity contribution in [2.45, 2.75) is 13.0 Å². The molecular formula is C15H11BrN2O3. The lowest BCUT2D eigenvalue weighted by molar-refractivity contribution is -0.122. The molecule has 0 spiro atoms. The molecule has 1 aromatic heterocycles. The summed E-state index contributed by atoms with van der Waals surface area (Å²) in [6.45, 7) is 1.67. The number of hydrogen-bond donors (Lipinski definition) is 1. The van der Waals surface area contributed by atoms with Gasteiger partial charge in [-0.15, -0.1) is 0 Å². The number of carbonyl (C=O) groups excluding carboxylic acids is 2. The van der Waals surface area contributed by atoms with Crippen LogP contribution in [-0.2, 0) is 4.79 Å². The van der Waals surface area contributed by atoms with Gasteiger partial charge in [0.05, 0.1) is 5.69 Å². The third-order valence-corrected chi connectivity index (χ3v) is 3.57. The van der Waals surface area contributed by atoms with Gasteiger partial charge in [-0.2, -0.15) is 0 Å². The second-order valence-corrected chi connectivity index (χ2v) is 5.60. The van der Waals surface area contributed by atoms with Gasteiger partial charge in [-0.25, -0.2) is 0 Å². The van der Waals surface area contributed by atoms with E-state index in [-0.39, 0.29) is 11.7 Å². The molecule has 1 aliphatic rings. The topological polar surface area (TPSA) is 68.3 Å². The summed E-state index contributed by atoms with van der Waals surface area (Å²) in [6.07, 6.45) is 2.58. The molecule has 1 aromatic carbocycles. The van der Waals surface area contributed by atoms with E-state index >= 15 is 0 Å². The molecule has 1 atom stereocenters. The number of hydrogen-bond acceptors (Lipinski definition) is 4. The summed E-state index contributed by atoms with van der Waals surface area (Å²) >= 11 is 3.29. The highest BCUT2D eigenvalue weighted by Gasteiger charge is 2.24. The van der Waals surface area contributed by atoms with Gasteiger partial charge in [0.2, 0.25) is 0 Å². The van der Waals surface area contributed by atoms with Crippen LogP contribution in [0.15, 0.2) is 41.1 Å². The van der Waals surface area contributed by atoms with Gasteiger partial charge in [0, 0.05) is 28.0 Å².